The molecule has 10 heteroatoms. The number of rotatable bonds is 16. The van der Waals surface area contributed by atoms with Gasteiger partial charge in [-0.3, -0.25) is 9.35 Å². The molecule has 0 heterocycles. The molecule has 0 saturated carbocycles. The molecular weight excluding hydrogens is 392 g/mol. The number of hydrogen-bond acceptors (Lipinski definition) is 7. The summed E-state index contributed by atoms with van der Waals surface area (Å²) in [5, 5.41) is 0. The summed E-state index contributed by atoms with van der Waals surface area (Å²) < 4.78 is 53.9. The smallest absolute Gasteiger partial charge is 0.464 e. The second-order valence-corrected chi connectivity index (χ2v) is 10.6. The van der Waals surface area contributed by atoms with Crippen molar-refractivity contribution in [1.82, 2.24) is 0 Å². The Bertz CT molecular complexity index is 508. The van der Waals surface area contributed by atoms with E-state index in [0.717, 1.165) is 0 Å². The first-order chi connectivity index (χ1) is 12.7. The van der Waals surface area contributed by atoms with Crippen LogP contribution in [-0.4, -0.2) is 58.9 Å². The maximum absolute atomic E-state index is 12.5. The van der Waals surface area contributed by atoms with E-state index in [1.807, 2.05) is 27.7 Å². The summed E-state index contributed by atoms with van der Waals surface area (Å²) >= 11 is 0. The first-order valence-corrected chi connectivity index (χ1v) is 13.1. The highest BCUT2D eigenvalue weighted by Gasteiger charge is 2.49. The lowest BCUT2D eigenvalue weighted by atomic mass is 9.98. The molecule has 0 amide bonds. The average Bonchev–Trinajstić information content (AvgIpc) is 2.59. The summed E-state index contributed by atoms with van der Waals surface area (Å²) in [5.74, 6) is -0.905. The fraction of sp³-hybridized carbons (Fsp3) is 0.941. The molecule has 0 aliphatic carbocycles. The van der Waals surface area contributed by atoms with Gasteiger partial charge in [-0.25, -0.2) is 0 Å². The van der Waals surface area contributed by atoms with E-state index < -0.39 is 29.6 Å². The number of carbonyl (C=O) groups is 1. The minimum Gasteiger partial charge on any atom is -0.464 e. The van der Waals surface area contributed by atoms with Crippen LogP contribution in [0.25, 0.3) is 0 Å². The Labute approximate surface area is 165 Å². The van der Waals surface area contributed by atoms with Gasteiger partial charge < -0.3 is 18.0 Å². The van der Waals surface area contributed by atoms with Gasteiger partial charge in [0.1, 0.15) is 0 Å². The van der Waals surface area contributed by atoms with E-state index in [1.54, 1.807) is 6.92 Å². The summed E-state index contributed by atoms with van der Waals surface area (Å²) in [7, 11) is -7.42. The van der Waals surface area contributed by atoms with Crippen LogP contribution in [0.1, 0.15) is 66.7 Å². The highest BCUT2D eigenvalue weighted by Crippen LogP contribution is 2.29. The number of ether oxygens (including phenoxy) is 1. The van der Waals surface area contributed by atoms with Gasteiger partial charge in [0.2, 0.25) is 0 Å². The van der Waals surface area contributed by atoms with Crippen molar-refractivity contribution in [2.75, 3.05) is 26.4 Å². The van der Waals surface area contributed by atoms with Crippen LogP contribution in [0.4, 0.5) is 0 Å². The maximum Gasteiger partial charge on any atom is 0.501 e. The van der Waals surface area contributed by atoms with Gasteiger partial charge in [0.15, 0.2) is 4.75 Å². The summed E-state index contributed by atoms with van der Waals surface area (Å²) in [6.45, 7) is 10.4. The molecule has 1 atom stereocenters. The molecule has 0 fully saturated rings. The van der Waals surface area contributed by atoms with Crippen molar-refractivity contribution in [3.63, 3.8) is 0 Å². The highest BCUT2D eigenvalue weighted by atomic mass is 32.2. The Kier molecular flexibility index (Phi) is 12.6. The summed E-state index contributed by atoms with van der Waals surface area (Å²) in [4.78, 5) is 12.5. The molecule has 8 nitrogen and oxygen atoms in total. The van der Waals surface area contributed by atoms with Gasteiger partial charge in [-0.05, 0) is 40.0 Å². The Morgan fingerprint density at radius 3 is 1.85 bits per heavy atom. The molecule has 0 saturated heterocycles. The molecule has 0 aromatic rings. The largest absolute Gasteiger partial charge is 0.501 e. The second kappa shape index (κ2) is 12.8. The van der Waals surface area contributed by atoms with Crippen LogP contribution in [0.15, 0.2) is 0 Å². The van der Waals surface area contributed by atoms with Gasteiger partial charge in [0.25, 0.3) is 10.1 Å². The Morgan fingerprint density at radius 1 is 0.963 bits per heavy atom. The van der Waals surface area contributed by atoms with Crippen LogP contribution in [-0.2, 0) is 32.9 Å². The molecule has 0 bridgehead atoms. The van der Waals surface area contributed by atoms with Crippen molar-refractivity contribution in [2.45, 2.75) is 77.5 Å². The van der Waals surface area contributed by atoms with E-state index in [4.69, 9.17) is 18.0 Å². The molecule has 0 aliphatic rings. The molecular formula is C17H36O8SSi. The van der Waals surface area contributed by atoms with E-state index in [0.29, 0.717) is 45.1 Å². The van der Waals surface area contributed by atoms with Crippen molar-refractivity contribution in [3.05, 3.63) is 0 Å². The predicted molar refractivity (Wildman–Crippen MR) is 105 cm³/mol. The standard InChI is InChI=1S/C17H36O8SSi/c1-6-11-13-17(7-2,26(19,20)21)16(18)22-14-12-15-27(23-8-3,24-9-4)25-10-5/h6-15H2,1-5H3,(H,19,20,21). The van der Waals surface area contributed by atoms with Crippen molar-refractivity contribution >= 4 is 24.9 Å². The van der Waals surface area contributed by atoms with Crippen LogP contribution in [0, 0.1) is 0 Å². The normalized spacial score (nSPS) is 14.7. The number of unbranched alkanes of at least 4 members (excludes halogenated alkanes) is 1. The van der Waals surface area contributed by atoms with Gasteiger partial charge in [-0.1, -0.05) is 26.7 Å². The zero-order valence-electron chi connectivity index (χ0n) is 17.3. The fourth-order valence-corrected chi connectivity index (χ4v) is 6.50. The van der Waals surface area contributed by atoms with Crippen molar-refractivity contribution in [1.29, 1.82) is 0 Å². The van der Waals surface area contributed by atoms with Crippen LogP contribution >= 0.6 is 0 Å². The maximum atomic E-state index is 12.5. The topological polar surface area (TPSA) is 108 Å². The summed E-state index contributed by atoms with van der Waals surface area (Å²) in [6.07, 6.45) is 1.61. The number of esters is 1. The average molecular weight is 429 g/mol. The Balaban J connectivity index is 4.98. The van der Waals surface area contributed by atoms with Crippen LogP contribution in [0.5, 0.6) is 0 Å². The first-order valence-electron chi connectivity index (χ1n) is 9.74. The Morgan fingerprint density at radius 2 is 1.48 bits per heavy atom. The quantitative estimate of drug-likeness (QED) is 0.173. The van der Waals surface area contributed by atoms with Crippen molar-refractivity contribution < 1.29 is 35.8 Å². The lowest BCUT2D eigenvalue weighted by Gasteiger charge is -2.29. The van der Waals surface area contributed by atoms with Gasteiger partial charge in [-0.15, -0.1) is 0 Å². The predicted octanol–water partition coefficient (Wildman–Crippen LogP) is 3.19. The molecule has 0 aliphatic heterocycles. The molecule has 0 radical (unpaired) electrons. The SMILES string of the molecule is CCCCC(CC)(C(=O)OCCC[Si](OCC)(OCC)OCC)S(=O)(=O)O. The highest BCUT2D eigenvalue weighted by molar-refractivity contribution is 7.88. The third-order valence-electron chi connectivity index (χ3n) is 4.32. The van der Waals surface area contributed by atoms with Gasteiger partial charge in [0.05, 0.1) is 6.61 Å². The lowest BCUT2D eigenvalue weighted by molar-refractivity contribution is -0.147. The number of hydrogen-bond donors (Lipinski definition) is 1. The fourth-order valence-electron chi connectivity index (χ4n) is 2.89. The van der Waals surface area contributed by atoms with Crippen molar-refractivity contribution in [3.8, 4) is 0 Å². The lowest BCUT2D eigenvalue weighted by Crippen LogP contribution is -2.48. The van der Waals surface area contributed by atoms with E-state index in [2.05, 4.69) is 0 Å². The molecule has 0 rings (SSSR count). The van der Waals surface area contributed by atoms with Crippen molar-refractivity contribution in [2.24, 2.45) is 0 Å². The monoisotopic (exact) mass is 428 g/mol. The van der Waals surface area contributed by atoms with Gasteiger partial charge >= 0.3 is 14.8 Å². The van der Waals surface area contributed by atoms with E-state index >= 15 is 0 Å². The minimum atomic E-state index is -4.58. The zero-order chi connectivity index (χ0) is 21.0. The molecule has 1 unspecified atom stereocenters. The van der Waals surface area contributed by atoms with Crippen LogP contribution in [0.2, 0.25) is 6.04 Å². The number of carbonyl (C=O) groups excluding carboxylic acids is 1. The Hall–Kier alpha value is -0.523. The molecule has 0 aromatic carbocycles. The third-order valence-corrected chi connectivity index (χ3v) is 9.12. The van der Waals surface area contributed by atoms with E-state index in [-0.39, 0.29) is 19.4 Å². The minimum absolute atomic E-state index is 0.00417. The van der Waals surface area contributed by atoms with E-state index in [9.17, 15) is 17.8 Å². The van der Waals surface area contributed by atoms with Crippen LogP contribution < -0.4 is 0 Å². The van der Waals surface area contributed by atoms with Gasteiger partial charge in [-0.2, -0.15) is 8.42 Å². The molecule has 27 heavy (non-hydrogen) atoms. The second-order valence-electron chi connectivity index (χ2n) is 6.15. The third kappa shape index (κ3) is 7.78. The summed E-state index contributed by atoms with van der Waals surface area (Å²) in [6, 6.07) is 0.454. The van der Waals surface area contributed by atoms with Crippen LogP contribution in [0.3, 0.4) is 0 Å². The van der Waals surface area contributed by atoms with E-state index in [1.165, 1.54) is 0 Å². The van der Waals surface area contributed by atoms with Gasteiger partial charge in [0, 0.05) is 25.9 Å². The first kappa shape index (κ1) is 26.5. The zero-order valence-corrected chi connectivity index (χ0v) is 19.1. The molecule has 162 valence electrons. The molecule has 1 N–H and O–H groups in total. The summed E-state index contributed by atoms with van der Waals surface area (Å²) in [5.41, 5.74) is 0. The molecule has 0 aromatic heterocycles. The molecule has 0 spiro atoms.